The lowest BCUT2D eigenvalue weighted by atomic mass is 10.0. The largest absolute Gasteiger partial charge is 0.462 e. The molecule has 0 aromatic rings. The SMILES string of the molecule is CCCC/C=C\CCCCCCCC(=O)O[C@H](COC(=O)CCCCCCCCCCCCC/C=C\CCCCCCCC)COC(=O)CCCCCCCCCCCCCCCCCCC. The van der Waals surface area contributed by atoms with Gasteiger partial charge in [-0.05, 0) is 64.2 Å². The lowest BCUT2D eigenvalue weighted by Crippen LogP contribution is -2.30. The summed E-state index contributed by atoms with van der Waals surface area (Å²) in [6, 6.07) is 0. The number of hydrogen-bond acceptors (Lipinski definition) is 6. The summed E-state index contributed by atoms with van der Waals surface area (Å²) in [6.45, 7) is 6.64. The van der Waals surface area contributed by atoms with Crippen LogP contribution in [0.1, 0.15) is 329 Å². The molecule has 0 aromatic carbocycles. The van der Waals surface area contributed by atoms with Crippen molar-refractivity contribution in [2.24, 2.45) is 0 Å². The molecule has 0 unspecified atom stereocenters. The number of unbranched alkanes of at least 4 members (excludes halogenated alkanes) is 40. The first-order valence-corrected chi connectivity index (χ1v) is 29.8. The van der Waals surface area contributed by atoms with E-state index in [0.717, 1.165) is 64.2 Å². The van der Waals surface area contributed by atoms with Crippen molar-refractivity contribution in [2.45, 2.75) is 335 Å². The van der Waals surface area contributed by atoms with Crippen LogP contribution in [0.5, 0.6) is 0 Å². The summed E-state index contributed by atoms with van der Waals surface area (Å²) in [7, 11) is 0. The van der Waals surface area contributed by atoms with Crippen molar-refractivity contribution in [3.05, 3.63) is 24.3 Å². The van der Waals surface area contributed by atoms with Gasteiger partial charge in [0, 0.05) is 19.3 Å². The molecule has 0 bridgehead atoms. The van der Waals surface area contributed by atoms with E-state index in [4.69, 9.17) is 14.2 Å². The number of ether oxygens (including phenoxy) is 3. The molecule has 1 atom stereocenters. The van der Waals surface area contributed by atoms with E-state index in [2.05, 4.69) is 45.1 Å². The van der Waals surface area contributed by atoms with Gasteiger partial charge >= 0.3 is 17.9 Å². The number of carbonyl (C=O) groups is 3. The van der Waals surface area contributed by atoms with E-state index in [-0.39, 0.29) is 31.1 Å². The van der Waals surface area contributed by atoms with Gasteiger partial charge in [0.2, 0.25) is 0 Å². The molecule has 67 heavy (non-hydrogen) atoms. The Morgan fingerprint density at radius 3 is 0.791 bits per heavy atom. The second-order valence-corrected chi connectivity index (χ2v) is 20.3. The molecule has 0 aliphatic carbocycles. The third-order valence-corrected chi connectivity index (χ3v) is 13.4. The minimum Gasteiger partial charge on any atom is -0.462 e. The molecule has 0 saturated carbocycles. The summed E-state index contributed by atoms with van der Waals surface area (Å²) in [5, 5.41) is 0. The molecular weight excluding hydrogens is 829 g/mol. The molecule has 6 heteroatoms. The minimum atomic E-state index is -0.771. The van der Waals surface area contributed by atoms with Gasteiger partial charge in [-0.25, -0.2) is 0 Å². The zero-order chi connectivity index (χ0) is 48.6. The maximum Gasteiger partial charge on any atom is 0.306 e. The van der Waals surface area contributed by atoms with Gasteiger partial charge in [-0.3, -0.25) is 14.4 Å². The van der Waals surface area contributed by atoms with E-state index in [1.807, 2.05) is 0 Å². The Kier molecular flexibility index (Phi) is 54.7. The molecule has 394 valence electrons. The summed E-state index contributed by atoms with van der Waals surface area (Å²) in [5.74, 6) is -0.860. The van der Waals surface area contributed by atoms with Crippen molar-refractivity contribution in [2.75, 3.05) is 13.2 Å². The van der Waals surface area contributed by atoms with Crippen LogP contribution in [-0.2, 0) is 28.6 Å². The highest BCUT2D eigenvalue weighted by Gasteiger charge is 2.19. The molecule has 0 N–H and O–H groups in total. The van der Waals surface area contributed by atoms with Crippen LogP contribution < -0.4 is 0 Å². The average Bonchev–Trinajstić information content (AvgIpc) is 3.33. The Bertz CT molecular complexity index is 1080. The van der Waals surface area contributed by atoms with Crippen LogP contribution in [0.3, 0.4) is 0 Å². The number of rotatable bonds is 55. The normalized spacial score (nSPS) is 12.1. The molecule has 0 spiro atoms. The predicted molar refractivity (Wildman–Crippen MR) is 289 cm³/mol. The van der Waals surface area contributed by atoms with E-state index < -0.39 is 6.10 Å². The van der Waals surface area contributed by atoms with Crippen LogP contribution in [-0.4, -0.2) is 37.2 Å². The van der Waals surface area contributed by atoms with Crippen LogP contribution in [0.25, 0.3) is 0 Å². The van der Waals surface area contributed by atoms with Gasteiger partial charge in [0.1, 0.15) is 13.2 Å². The Morgan fingerprint density at radius 1 is 0.284 bits per heavy atom. The van der Waals surface area contributed by atoms with Crippen molar-refractivity contribution in [3.63, 3.8) is 0 Å². The highest BCUT2D eigenvalue weighted by molar-refractivity contribution is 5.71. The van der Waals surface area contributed by atoms with Gasteiger partial charge in [-0.2, -0.15) is 0 Å². The van der Waals surface area contributed by atoms with Gasteiger partial charge in [0.05, 0.1) is 0 Å². The molecule has 0 saturated heterocycles. The summed E-state index contributed by atoms with van der Waals surface area (Å²) in [4.78, 5) is 38.1. The highest BCUT2D eigenvalue weighted by atomic mass is 16.6. The third kappa shape index (κ3) is 54.7. The first-order chi connectivity index (χ1) is 33.0. The second-order valence-electron chi connectivity index (χ2n) is 20.3. The van der Waals surface area contributed by atoms with E-state index in [9.17, 15) is 14.4 Å². The van der Waals surface area contributed by atoms with Gasteiger partial charge in [-0.1, -0.05) is 270 Å². The Morgan fingerprint density at radius 2 is 0.507 bits per heavy atom. The quantitative estimate of drug-likeness (QED) is 0.0262. The lowest BCUT2D eigenvalue weighted by Gasteiger charge is -2.18. The molecule has 0 aromatic heterocycles. The van der Waals surface area contributed by atoms with Crippen LogP contribution >= 0.6 is 0 Å². The predicted octanol–water partition coefficient (Wildman–Crippen LogP) is 19.9. The zero-order valence-corrected chi connectivity index (χ0v) is 45.2. The van der Waals surface area contributed by atoms with Crippen molar-refractivity contribution in [1.82, 2.24) is 0 Å². The lowest BCUT2D eigenvalue weighted by molar-refractivity contribution is -0.167. The maximum atomic E-state index is 12.8. The van der Waals surface area contributed by atoms with E-state index in [1.165, 1.54) is 225 Å². The zero-order valence-electron chi connectivity index (χ0n) is 45.2. The average molecular weight is 944 g/mol. The number of esters is 3. The fourth-order valence-corrected chi connectivity index (χ4v) is 8.89. The molecule has 6 nitrogen and oxygen atoms in total. The fraction of sp³-hybridized carbons (Fsp3) is 0.885. The summed E-state index contributed by atoms with van der Waals surface area (Å²) in [5.41, 5.74) is 0. The topological polar surface area (TPSA) is 78.9 Å². The van der Waals surface area contributed by atoms with Crippen LogP contribution in [0.4, 0.5) is 0 Å². The fourth-order valence-electron chi connectivity index (χ4n) is 8.89. The summed E-state index contributed by atoms with van der Waals surface area (Å²) in [6.07, 6.45) is 66.1. The highest BCUT2D eigenvalue weighted by Crippen LogP contribution is 2.17. The van der Waals surface area contributed by atoms with Gasteiger partial charge in [0.15, 0.2) is 6.10 Å². The molecule has 0 amide bonds. The third-order valence-electron chi connectivity index (χ3n) is 13.4. The molecular formula is C61H114O6. The molecule has 0 aliphatic heterocycles. The molecule has 0 aliphatic rings. The maximum absolute atomic E-state index is 12.8. The van der Waals surface area contributed by atoms with Gasteiger partial charge in [0.25, 0.3) is 0 Å². The summed E-state index contributed by atoms with van der Waals surface area (Å²) >= 11 is 0. The van der Waals surface area contributed by atoms with Crippen LogP contribution in [0, 0.1) is 0 Å². The minimum absolute atomic E-state index is 0.0702. The monoisotopic (exact) mass is 943 g/mol. The standard InChI is InChI=1S/C61H114O6/c1-4-7-10-13-16-19-22-24-26-28-29-30-31-33-35-37-40-42-45-48-51-54-60(63)66-57-58(67-61(64)55-52-49-46-43-38-21-18-15-12-9-6-3)56-65-59(62)53-50-47-44-41-39-36-34-32-27-25-23-20-17-14-11-8-5-2/h15,18,24,26,58H,4-14,16-17,19-23,25,27-57H2,1-3H3/b18-15-,26-24-/t58-/m0/s1. The first kappa shape index (κ1) is 64.9. The van der Waals surface area contributed by atoms with E-state index in [1.54, 1.807) is 0 Å². The molecule has 0 rings (SSSR count). The number of allylic oxidation sites excluding steroid dienone is 4. The molecule has 0 fully saturated rings. The Balaban J connectivity index is 4.23. The smallest absolute Gasteiger partial charge is 0.306 e. The van der Waals surface area contributed by atoms with Crippen molar-refractivity contribution >= 4 is 17.9 Å². The molecule has 0 heterocycles. The molecule has 0 radical (unpaired) electrons. The summed E-state index contributed by atoms with van der Waals surface area (Å²) < 4.78 is 16.9. The first-order valence-electron chi connectivity index (χ1n) is 29.8. The number of carbonyl (C=O) groups excluding carboxylic acids is 3. The van der Waals surface area contributed by atoms with Crippen molar-refractivity contribution in [1.29, 1.82) is 0 Å². The van der Waals surface area contributed by atoms with Crippen molar-refractivity contribution < 1.29 is 28.6 Å². The van der Waals surface area contributed by atoms with Gasteiger partial charge < -0.3 is 14.2 Å². The van der Waals surface area contributed by atoms with Crippen LogP contribution in [0.2, 0.25) is 0 Å². The Labute approximate surface area is 417 Å². The Hall–Kier alpha value is -2.11. The van der Waals surface area contributed by atoms with Crippen LogP contribution in [0.15, 0.2) is 24.3 Å². The van der Waals surface area contributed by atoms with E-state index in [0.29, 0.717) is 19.3 Å². The van der Waals surface area contributed by atoms with E-state index >= 15 is 0 Å². The second kappa shape index (κ2) is 56.5. The number of hydrogen-bond donors (Lipinski definition) is 0. The van der Waals surface area contributed by atoms with Gasteiger partial charge in [-0.15, -0.1) is 0 Å². The van der Waals surface area contributed by atoms with Crippen molar-refractivity contribution in [3.8, 4) is 0 Å².